The van der Waals surface area contributed by atoms with E-state index in [0.717, 1.165) is 48.7 Å². The molecule has 0 saturated heterocycles. The van der Waals surface area contributed by atoms with Gasteiger partial charge in [-0.3, -0.25) is 0 Å². The van der Waals surface area contributed by atoms with Gasteiger partial charge in [0.1, 0.15) is 6.33 Å². The molecule has 1 saturated carbocycles. The molecule has 3 nitrogen and oxygen atoms in total. The van der Waals surface area contributed by atoms with Gasteiger partial charge in [0.15, 0.2) is 0 Å². The summed E-state index contributed by atoms with van der Waals surface area (Å²) in [6.07, 6.45) is 4.34. The van der Waals surface area contributed by atoms with Crippen LogP contribution in [0.3, 0.4) is 0 Å². The molecule has 1 heterocycles. The average molecular weight is 333 g/mol. The average Bonchev–Trinajstić information content (AvgIpc) is 2.57. The molecule has 1 aromatic carbocycles. The summed E-state index contributed by atoms with van der Waals surface area (Å²) in [6.45, 7) is 3.64. The second-order valence-electron chi connectivity index (χ2n) is 7.05. The summed E-state index contributed by atoms with van der Waals surface area (Å²) in [7, 11) is 0. The van der Waals surface area contributed by atoms with Gasteiger partial charge >= 0.3 is 0 Å². The van der Waals surface area contributed by atoms with Gasteiger partial charge in [-0.25, -0.2) is 18.7 Å². The second-order valence-corrected chi connectivity index (χ2v) is 7.05. The van der Waals surface area contributed by atoms with Crippen LogP contribution >= 0.6 is 0 Å². The Labute approximate surface area is 141 Å². The van der Waals surface area contributed by atoms with Crippen molar-refractivity contribution in [3.63, 3.8) is 0 Å². The lowest BCUT2D eigenvalue weighted by atomic mass is 9.82. The quantitative estimate of drug-likeness (QED) is 0.887. The van der Waals surface area contributed by atoms with Gasteiger partial charge in [-0.15, -0.1) is 0 Å². The molecule has 1 N–H and O–H groups in total. The van der Waals surface area contributed by atoms with Gasteiger partial charge < -0.3 is 5.32 Å². The van der Waals surface area contributed by atoms with Crippen LogP contribution in [0, 0.1) is 12.8 Å². The van der Waals surface area contributed by atoms with Crippen molar-refractivity contribution in [2.45, 2.75) is 64.5 Å². The number of nitrogens with zero attached hydrogens (tertiary/aromatic N) is 2. The number of fused-ring (bicyclic) bond motifs is 1. The lowest BCUT2D eigenvalue weighted by Gasteiger charge is -2.31. The maximum Gasteiger partial charge on any atom is 0.253 e. The third-order valence-electron chi connectivity index (χ3n) is 5.08. The minimum atomic E-state index is -2.29. The van der Waals surface area contributed by atoms with Crippen molar-refractivity contribution in [2.75, 3.05) is 0 Å². The normalized spacial score (nSPS) is 22.9. The minimum absolute atomic E-state index is 0.217. The van der Waals surface area contributed by atoms with Crippen LogP contribution in [0.15, 0.2) is 24.5 Å². The van der Waals surface area contributed by atoms with Crippen molar-refractivity contribution in [3.05, 3.63) is 35.8 Å². The Hall–Kier alpha value is -1.62. The number of rotatable bonds is 5. The maximum atomic E-state index is 12.7. The smallest absolute Gasteiger partial charge is 0.253 e. The number of hydrogen-bond donors (Lipinski definition) is 1. The maximum absolute atomic E-state index is 12.7. The Bertz CT molecular complexity index is 681. The molecular formula is C19H25F2N3. The molecule has 1 aliphatic carbocycles. The molecule has 1 aliphatic rings. The highest BCUT2D eigenvalue weighted by atomic mass is 19.3. The van der Waals surface area contributed by atoms with E-state index < -0.39 is 12.5 Å². The fourth-order valence-electron chi connectivity index (χ4n) is 3.64. The van der Waals surface area contributed by atoms with E-state index in [1.54, 1.807) is 13.3 Å². The van der Waals surface area contributed by atoms with E-state index in [-0.39, 0.29) is 6.04 Å². The molecule has 0 bridgehead atoms. The number of nitrogens with one attached hydrogen (secondary N) is 1. The Morgan fingerprint density at radius 1 is 1.17 bits per heavy atom. The standard InChI is InChI=1S/C19H25F2N3/c1-12-3-8-17-16(9-12)18(23-11-22-17)10-14-4-6-15(7-5-14)24-13(2)19(20)21/h3,8-9,11,13-15,19,24H,4-7,10H2,1-2H3/t13?,14-,15-. The van der Waals surface area contributed by atoms with E-state index in [9.17, 15) is 8.78 Å². The van der Waals surface area contributed by atoms with Gasteiger partial charge in [0.2, 0.25) is 0 Å². The SMILES string of the molecule is Cc1ccc2ncnc(C[C@H]3CC[C@H](NC(C)C(F)F)CC3)c2c1. The number of halogens is 2. The van der Waals surface area contributed by atoms with Crippen LogP contribution < -0.4 is 5.32 Å². The first-order valence-corrected chi connectivity index (χ1v) is 8.77. The zero-order valence-corrected chi connectivity index (χ0v) is 14.3. The molecule has 1 atom stereocenters. The highest BCUT2D eigenvalue weighted by molar-refractivity contribution is 5.81. The zero-order chi connectivity index (χ0) is 17.1. The van der Waals surface area contributed by atoms with Crippen LogP contribution in [-0.4, -0.2) is 28.5 Å². The lowest BCUT2D eigenvalue weighted by molar-refractivity contribution is 0.0942. The molecule has 130 valence electrons. The molecule has 24 heavy (non-hydrogen) atoms. The number of aryl methyl sites for hydroxylation is 1. The first-order valence-electron chi connectivity index (χ1n) is 8.77. The third kappa shape index (κ3) is 4.07. The lowest BCUT2D eigenvalue weighted by Crippen LogP contribution is -2.42. The molecule has 0 radical (unpaired) electrons. The van der Waals surface area contributed by atoms with Crippen LogP contribution in [0.5, 0.6) is 0 Å². The summed E-state index contributed by atoms with van der Waals surface area (Å²) in [6, 6.07) is 5.76. The third-order valence-corrected chi connectivity index (χ3v) is 5.08. The van der Waals surface area contributed by atoms with E-state index in [2.05, 4.69) is 34.3 Å². The second kappa shape index (κ2) is 7.51. The van der Waals surface area contributed by atoms with E-state index in [0.29, 0.717) is 5.92 Å². The highest BCUT2D eigenvalue weighted by Gasteiger charge is 2.25. The molecular weight excluding hydrogens is 308 g/mol. The monoisotopic (exact) mass is 333 g/mol. The Morgan fingerprint density at radius 3 is 2.62 bits per heavy atom. The van der Waals surface area contributed by atoms with Crippen LogP contribution in [0.2, 0.25) is 0 Å². The van der Waals surface area contributed by atoms with Gasteiger partial charge in [0.05, 0.1) is 17.3 Å². The summed E-state index contributed by atoms with van der Waals surface area (Å²) >= 11 is 0. The van der Waals surface area contributed by atoms with Crippen LogP contribution in [0.25, 0.3) is 10.9 Å². The fraction of sp³-hybridized carbons (Fsp3) is 0.579. The molecule has 1 fully saturated rings. The van der Waals surface area contributed by atoms with Gasteiger partial charge in [-0.2, -0.15) is 0 Å². The largest absolute Gasteiger partial charge is 0.306 e. The van der Waals surface area contributed by atoms with E-state index >= 15 is 0 Å². The molecule has 0 aliphatic heterocycles. The summed E-state index contributed by atoms with van der Waals surface area (Å²) in [4.78, 5) is 8.85. The summed E-state index contributed by atoms with van der Waals surface area (Å²) in [5, 5.41) is 4.21. The molecule has 0 amide bonds. The van der Waals surface area contributed by atoms with Crippen LogP contribution in [0.4, 0.5) is 8.78 Å². The summed E-state index contributed by atoms with van der Waals surface area (Å²) < 4.78 is 25.3. The van der Waals surface area contributed by atoms with E-state index in [1.165, 1.54) is 5.56 Å². The van der Waals surface area contributed by atoms with E-state index in [1.807, 2.05) is 6.07 Å². The molecule has 1 aromatic heterocycles. The number of benzene rings is 1. The summed E-state index contributed by atoms with van der Waals surface area (Å²) in [5.74, 6) is 0.573. The van der Waals surface area contributed by atoms with Crippen molar-refractivity contribution >= 4 is 10.9 Å². The Balaban J connectivity index is 1.61. The van der Waals surface area contributed by atoms with E-state index in [4.69, 9.17) is 0 Å². The Morgan fingerprint density at radius 2 is 1.92 bits per heavy atom. The zero-order valence-electron chi connectivity index (χ0n) is 14.3. The molecule has 0 spiro atoms. The first kappa shape index (κ1) is 17.2. The van der Waals surface area contributed by atoms with Crippen molar-refractivity contribution < 1.29 is 8.78 Å². The molecule has 2 aromatic rings. The minimum Gasteiger partial charge on any atom is -0.306 e. The number of aromatic nitrogens is 2. The van der Waals surface area contributed by atoms with Crippen molar-refractivity contribution in [1.29, 1.82) is 0 Å². The van der Waals surface area contributed by atoms with Crippen molar-refractivity contribution in [3.8, 4) is 0 Å². The fourth-order valence-corrected chi connectivity index (χ4v) is 3.64. The van der Waals surface area contributed by atoms with Gasteiger partial charge in [-0.05, 0) is 64.0 Å². The first-order chi connectivity index (χ1) is 11.5. The Kier molecular flexibility index (Phi) is 5.39. The summed E-state index contributed by atoms with van der Waals surface area (Å²) in [5.41, 5.74) is 3.32. The number of alkyl halides is 2. The van der Waals surface area contributed by atoms with Crippen molar-refractivity contribution in [2.24, 2.45) is 5.92 Å². The molecule has 3 rings (SSSR count). The highest BCUT2D eigenvalue weighted by Crippen LogP contribution is 2.29. The topological polar surface area (TPSA) is 37.8 Å². The van der Waals surface area contributed by atoms with Gasteiger partial charge in [0, 0.05) is 11.4 Å². The predicted molar refractivity (Wildman–Crippen MR) is 92.3 cm³/mol. The predicted octanol–water partition coefficient (Wildman–Crippen LogP) is 4.28. The van der Waals surface area contributed by atoms with Gasteiger partial charge in [0.25, 0.3) is 6.43 Å². The van der Waals surface area contributed by atoms with Gasteiger partial charge in [-0.1, -0.05) is 11.6 Å². The van der Waals surface area contributed by atoms with Crippen molar-refractivity contribution in [1.82, 2.24) is 15.3 Å². The van der Waals surface area contributed by atoms with Crippen LogP contribution in [0.1, 0.15) is 43.9 Å². The molecule has 1 unspecified atom stereocenters. The number of hydrogen-bond acceptors (Lipinski definition) is 3. The van der Waals surface area contributed by atoms with Crippen LogP contribution in [-0.2, 0) is 6.42 Å². The molecule has 5 heteroatoms.